The molecule has 1 amide bonds. The van der Waals surface area contributed by atoms with Crippen LogP contribution in [0.2, 0.25) is 0 Å². The number of thioether (sulfide) groups is 1. The van der Waals surface area contributed by atoms with Crippen LogP contribution in [-0.2, 0) is 14.6 Å². The summed E-state index contributed by atoms with van der Waals surface area (Å²) in [4.78, 5) is 16.8. The van der Waals surface area contributed by atoms with Gasteiger partial charge in [0.2, 0.25) is 5.91 Å². The average Bonchev–Trinajstić information content (AvgIpc) is 2.70. The van der Waals surface area contributed by atoms with Crippen LogP contribution in [0.3, 0.4) is 0 Å². The average molecular weight is 429 g/mol. The summed E-state index contributed by atoms with van der Waals surface area (Å²) in [6.45, 7) is 1.83. The number of aromatic nitrogens is 1. The third kappa shape index (κ3) is 6.07. The Hall–Kier alpha value is -2.84. The highest BCUT2D eigenvalue weighted by Gasteiger charge is 2.15. The Balaban J connectivity index is 1.57. The Labute approximate surface area is 174 Å². The van der Waals surface area contributed by atoms with Gasteiger partial charge in [-0.15, -0.1) is 0 Å². The number of benzene rings is 2. The lowest BCUT2D eigenvalue weighted by Crippen LogP contribution is -2.22. The Morgan fingerprint density at radius 3 is 2.17 bits per heavy atom. The molecule has 0 unspecified atom stereocenters. The highest BCUT2D eigenvalue weighted by molar-refractivity contribution is 8.00. The van der Waals surface area contributed by atoms with Crippen LogP contribution in [0.4, 0.5) is 5.69 Å². The molecule has 0 radical (unpaired) electrons. The molecule has 0 spiro atoms. The number of hydrogen-bond donors (Lipinski definition) is 1. The fraction of sp³-hybridized carbons (Fsp3) is 0.143. The maximum absolute atomic E-state index is 12.4. The van der Waals surface area contributed by atoms with Gasteiger partial charge in [-0.25, -0.2) is 13.4 Å². The number of hydrogen-bond acceptors (Lipinski definition) is 6. The fourth-order valence-electron chi connectivity index (χ4n) is 2.39. The molecule has 0 saturated carbocycles. The maximum atomic E-state index is 12.4. The van der Waals surface area contributed by atoms with Crippen LogP contribution in [0.1, 0.15) is 6.92 Å². The van der Waals surface area contributed by atoms with Crippen LogP contribution >= 0.6 is 11.8 Å². The normalized spacial score (nSPS) is 12.2. The predicted octanol–water partition coefficient (Wildman–Crippen LogP) is 4.40. The molecule has 0 fully saturated rings. The van der Waals surface area contributed by atoms with Crippen molar-refractivity contribution in [1.82, 2.24) is 4.98 Å². The van der Waals surface area contributed by atoms with Gasteiger partial charge in [-0.05, 0) is 67.6 Å². The summed E-state index contributed by atoms with van der Waals surface area (Å²) in [7, 11) is -3.24. The summed E-state index contributed by atoms with van der Waals surface area (Å²) in [6.07, 6.45) is 2.85. The molecule has 3 rings (SSSR count). The minimum absolute atomic E-state index is 0.120. The van der Waals surface area contributed by atoms with Crippen molar-refractivity contribution >= 4 is 33.2 Å². The lowest BCUT2D eigenvalue weighted by Gasteiger charge is -2.12. The van der Waals surface area contributed by atoms with Gasteiger partial charge in [0.05, 0.1) is 15.2 Å². The van der Waals surface area contributed by atoms with Crippen molar-refractivity contribution in [3.05, 3.63) is 72.9 Å². The van der Waals surface area contributed by atoms with E-state index in [2.05, 4.69) is 10.3 Å². The molecule has 8 heteroatoms. The van der Waals surface area contributed by atoms with Gasteiger partial charge >= 0.3 is 0 Å². The van der Waals surface area contributed by atoms with Gasteiger partial charge in [0.15, 0.2) is 9.84 Å². The first kappa shape index (κ1) is 20.9. The smallest absolute Gasteiger partial charge is 0.237 e. The molecule has 150 valence electrons. The summed E-state index contributed by atoms with van der Waals surface area (Å²) >= 11 is 1.39. The summed E-state index contributed by atoms with van der Waals surface area (Å²) in [5.74, 6) is 0.978. The maximum Gasteiger partial charge on any atom is 0.237 e. The van der Waals surface area contributed by atoms with E-state index in [1.54, 1.807) is 42.6 Å². The van der Waals surface area contributed by atoms with Gasteiger partial charge in [0.25, 0.3) is 0 Å². The first-order valence-electron chi connectivity index (χ1n) is 8.78. The number of rotatable bonds is 7. The molecular formula is C21H20N2O4S2. The summed E-state index contributed by atoms with van der Waals surface area (Å²) in [6, 6.07) is 18.7. The van der Waals surface area contributed by atoms with Gasteiger partial charge < -0.3 is 10.1 Å². The van der Waals surface area contributed by atoms with Crippen molar-refractivity contribution in [3.63, 3.8) is 0 Å². The Kier molecular flexibility index (Phi) is 6.56. The molecule has 1 heterocycles. The van der Waals surface area contributed by atoms with Crippen molar-refractivity contribution in [2.75, 3.05) is 11.6 Å². The monoisotopic (exact) mass is 428 g/mol. The summed E-state index contributed by atoms with van der Waals surface area (Å²) in [5.41, 5.74) is 0.656. The standard InChI is InChI=1S/C21H20N2O4S2/c1-15(28-20-5-3-4-14-22-20)21(24)23-16-6-8-17(9-7-16)27-18-10-12-19(13-11-18)29(2,25)26/h3-15H,1-2H3,(H,23,24)/t15-/m1/s1. The largest absolute Gasteiger partial charge is 0.457 e. The number of amides is 1. The Morgan fingerprint density at radius 2 is 1.62 bits per heavy atom. The minimum Gasteiger partial charge on any atom is -0.457 e. The molecule has 2 aromatic carbocycles. The lowest BCUT2D eigenvalue weighted by molar-refractivity contribution is -0.115. The molecular weight excluding hydrogens is 408 g/mol. The topological polar surface area (TPSA) is 85.4 Å². The number of carbonyl (C=O) groups excluding carboxylic acids is 1. The molecule has 0 aliphatic heterocycles. The van der Waals surface area contributed by atoms with E-state index in [4.69, 9.17) is 4.74 Å². The number of sulfone groups is 1. The molecule has 1 atom stereocenters. The Morgan fingerprint density at radius 1 is 1.00 bits per heavy atom. The number of ether oxygens (including phenoxy) is 1. The van der Waals surface area contributed by atoms with E-state index >= 15 is 0 Å². The molecule has 29 heavy (non-hydrogen) atoms. The molecule has 6 nitrogen and oxygen atoms in total. The first-order valence-corrected chi connectivity index (χ1v) is 11.5. The number of nitrogens with zero attached hydrogens (tertiary/aromatic N) is 1. The second kappa shape index (κ2) is 9.11. The van der Waals surface area contributed by atoms with Gasteiger partial charge in [-0.1, -0.05) is 17.8 Å². The summed E-state index contributed by atoms with van der Waals surface area (Å²) < 4.78 is 28.7. The molecule has 0 saturated heterocycles. The molecule has 1 aromatic heterocycles. The molecule has 3 aromatic rings. The Bertz CT molecular complexity index is 1070. The quantitative estimate of drug-likeness (QED) is 0.562. The predicted molar refractivity (Wildman–Crippen MR) is 114 cm³/mol. The zero-order valence-corrected chi connectivity index (χ0v) is 17.5. The van der Waals surface area contributed by atoms with Crippen molar-refractivity contribution in [1.29, 1.82) is 0 Å². The second-order valence-corrected chi connectivity index (χ2v) is 9.66. The van der Waals surface area contributed by atoms with E-state index in [9.17, 15) is 13.2 Å². The van der Waals surface area contributed by atoms with Crippen LogP contribution < -0.4 is 10.1 Å². The van der Waals surface area contributed by atoms with Crippen LogP contribution in [0.5, 0.6) is 11.5 Å². The van der Waals surface area contributed by atoms with Crippen LogP contribution in [0.25, 0.3) is 0 Å². The zero-order chi connectivity index (χ0) is 20.9. The van der Waals surface area contributed by atoms with Crippen molar-refractivity contribution in [3.8, 4) is 11.5 Å². The number of pyridine rings is 1. The number of anilines is 1. The highest BCUT2D eigenvalue weighted by atomic mass is 32.2. The van der Waals surface area contributed by atoms with Gasteiger partial charge in [-0.3, -0.25) is 4.79 Å². The van der Waals surface area contributed by atoms with Crippen molar-refractivity contribution in [2.24, 2.45) is 0 Å². The third-order valence-electron chi connectivity index (χ3n) is 3.91. The number of carbonyl (C=O) groups is 1. The summed E-state index contributed by atoms with van der Waals surface area (Å²) in [5, 5.41) is 3.36. The van der Waals surface area contributed by atoms with E-state index < -0.39 is 9.84 Å². The van der Waals surface area contributed by atoms with Crippen LogP contribution in [-0.4, -0.2) is 30.8 Å². The van der Waals surface area contributed by atoms with E-state index in [1.807, 2.05) is 25.1 Å². The van der Waals surface area contributed by atoms with Gasteiger partial charge in [0.1, 0.15) is 11.5 Å². The minimum atomic E-state index is -3.24. The van der Waals surface area contributed by atoms with Crippen LogP contribution in [0.15, 0.2) is 82.8 Å². The molecule has 0 aliphatic rings. The lowest BCUT2D eigenvalue weighted by atomic mass is 10.3. The van der Waals surface area contributed by atoms with E-state index in [1.165, 1.54) is 23.9 Å². The van der Waals surface area contributed by atoms with Gasteiger partial charge in [0, 0.05) is 18.1 Å². The zero-order valence-electron chi connectivity index (χ0n) is 15.9. The first-order chi connectivity index (χ1) is 13.8. The molecule has 0 aliphatic carbocycles. The third-order valence-corrected chi connectivity index (χ3v) is 6.09. The highest BCUT2D eigenvalue weighted by Crippen LogP contribution is 2.25. The van der Waals surface area contributed by atoms with Crippen LogP contribution in [0, 0.1) is 0 Å². The van der Waals surface area contributed by atoms with Gasteiger partial charge in [-0.2, -0.15) is 0 Å². The second-order valence-electron chi connectivity index (χ2n) is 6.29. The fourth-order valence-corrected chi connectivity index (χ4v) is 3.83. The SMILES string of the molecule is C[C@@H](Sc1ccccn1)C(=O)Nc1ccc(Oc2ccc(S(C)(=O)=O)cc2)cc1. The van der Waals surface area contributed by atoms with E-state index in [0.29, 0.717) is 17.2 Å². The van der Waals surface area contributed by atoms with Crippen molar-refractivity contribution in [2.45, 2.75) is 22.1 Å². The van der Waals surface area contributed by atoms with Crippen molar-refractivity contribution < 1.29 is 17.9 Å². The van der Waals surface area contributed by atoms with E-state index in [0.717, 1.165) is 11.3 Å². The molecule has 0 bridgehead atoms. The number of nitrogens with one attached hydrogen (secondary N) is 1. The van der Waals surface area contributed by atoms with E-state index in [-0.39, 0.29) is 16.1 Å². The molecule has 1 N–H and O–H groups in total.